The van der Waals surface area contributed by atoms with Crippen molar-refractivity contribution in [1.29, 1.82) is 0 Å². The zero-order valence-corrected chi connectivity index (χ0v) is 12.0. The highest BCUT2D eigenvalue weighted by molar-refractivity contribution is 5.18. The molecule has 1 heterocycles. The highest BCUT2D eigenvalue weighted by atomic mass is 16.7. The van der Waals surface area contributed by atoms with Crippen molar-refractivity contribution in [2.75, 3.05) is 6.61 Å². The molecule has 1 aliphatic rings. The van der Waals surface area contributed by atoms with Gasteiger partial charge in [0.15, 0.2) is 6.29 Å². The smallest absolute Gasteiger partial charge is 0.158 e. The van der Waals surface area contributed by atoms with Gasteiger partial charge in [-0.3, -0.25) is 0 Å². The maximum absolute atomic E-state index is 5.95. The molecule has 0 bridgehead atoms. The highest BCUT2D eigenvalue weighted by Gasteiger charge is 2.26. The Balaban J connectivity index is 1.60. The summed E-state index contributed by atoms with van der Waals surface area (Å²) in [6, 6.07) is 10.4. The zero-order chi connectivity index (χ0) is 13.3. The Kier molecular flexibility index (Phi) is 6.38. The van der Waals surface area contributed by atoms with Crippen molar-refractivity contribution in [2.24, 2.45) is 0 Å². The van der Waals surface area contributed by atoms with Gasteiger partial charge < -0.3 is 9.47 Å². The molecule has 2 rings (SSSR count). The molecule has 0 amide bonds. The van der Waals surface area contributed by atoms with Gasteiger partial charge in [0.05, 0.1) is 6.61 Å². The van der Waals surface area contributed by atoms with E-state index in [2.05, 4.69) is 31.2 Å². The van der Waals surface area contributed by atoms with Gasteiger partial charge >= 0.3 is 0 Å². The summed E-state index contributed by atoms with van der Waals surface area (Å²) in [5.41, 5.74) is 1.23. The lowest BCUT2D eigenvalue weighted by atomic mass is 10.1. The van der Waals surface area contributed by atoms with Crippen molar-refractivity contribution < 1.29 is 9.47 Å². The number of rotatable bonds is 8. The molecule has 1 aromatic rings. The first-order valence-electron chi connectivity index (χ1n) is 7.72. The fraction of sp³-hybridized carbons (Fsp3) is 0.647. The quantitative estimate of drug-likeness (QED) is 0.623. The largest absolute Gasteiger partial charge is 0.350 e. The van der Waals surface area contributed by atoms with Crippen LogP contribution in [0.5, 0.6) is 0 Å². The predicted octanol–water partition coefficient (Wildman–Crippen LogP) is 4.85. The van der Waals surface area contributed by atoms with Gasteiger partial charge in [-0.05, 0) is 18.4 Å². The third-order valence-electron chi connectivity index (χ3n) is 3.71. The second-order valence-corrected chi connectivity index (χ2v) is 5.35. The molecule has 0 saturated carbocycles. The summed E-state index contributed by atoms with van der Waals surface area (Å²) >= 11 is 0. The number of hydrogen-bond donors (Lipinski definition) is 0. The van der Waals surface area contributed by atoms with Crippen molar-refractivity contribution in [2.45, 2.75) is 64.3 Å². The van der Waals surface area contributed by atoms with E-state index >= 15 is 0 Å². The first kappa shape index (κ1) is 14.5. The molecule has 1 aliphatic heterocycles. The number of unbranched alkanes of at least 4 members (excludes halogenated alkanes) is 5. The number of benzene rings is 1. The van der Waals surface area contributed by atoms with Crippen molar-refractivity contribution in [3.63, 3.8) is 0 Å². The normalized spacial score (nSPS) is 22.8. The van der Waals surface area contributed by atoms with Crippen LogP contribution in [-0.4, -0.2) is 12.9 Å². The fourth-order valence-electron chi connectivity index (χ4n) is 2.54. The minimum atomic E-state index is 0.0105. The van der Waals surface area contributed by atoms with E-state index in [1.807, 2.05) is 6.07 Å². The van der Waals surface area contributed by atoms with Crippen LogP contribution in [0.15, 0.2) is 30.3 Å². The van der Waals surface area contributed by atoms with Gasteiger partial charge in [0, 0.05) is 0 Å². The van der Waals surface area contributed by atoms with Crippen molar-refractivity contribution in [3.05, 3.63) is 35.9 Å². The first-order valence-corrected chi connectivity index (χ1v) is 7.72. The second kappa shape index (κ2) is 8.34. The van der Waals surface area contributed by atoms with Crippen LogP contribution >= 0.6 is 0 Å². The van der Waals surface area contributed by atoms with E-state index in [-0.39, 0.29) is 12.4 Å². The average molecular weight is 262 g/mol. The van der Waals surface area contributed by atoms with Crippen LogP contribution in [0.2, 0.25) is 0 Å². The van der Waals surface area contributed by atoms with E-state index in [0.29, 0.717) is 6.61 Å². The molecule has 1 aromatic carbocycles. The maximum atomic E-state index is 5.95. The van der Waals surface area contributed by atoms with Crippen molar-refractivity contribution in [1.82, 2.24) is 0 Å². The first-order chi connectivity index (χ1) is 9.40. The second-order valence-electron chi connectivity index (χ2n) is 5.35. The van der Waals surface area contributed by atoms with E-state index in [1.54, 1.807) is 0 Å². The minimum absolute atomic E-state index is 0.0105. The maximum Gasteiger partial charge on any atom is 0.158 e. The Morgan fingerprint density at radius 2 is 1.74 bits per heavy atom. The lowest BCUT2D eigenvalue weighted by molar-refractivity contribution is -0.0637. The van der Waals surface area contributed by atoms with E-state index in [0.717, 1.165) is 6.42 Å². The van der Waals surface area contributed by atoms with E-state index < -0.39 is 0 Å². The summed E-state index contributed by atoms with van der Waals surface area (Å²) < 4.78 is 11.7. The molecule has 2 nitrogen and oxygen atoms in total. The van der Waals surface area contributed by atoms with Gasteiger partial charge in [-0.25, -0.2) is 0 Å². The third-order valence-corrected chi connectivity index (χ3v) is 3.71. The van der Waals surface area contributed by atoms with Gasteiger partial charge in [-0.15, -0.1) is 0 Å². The Bertz CT molecular complexity index is 336. The van der Waals surface area contributed by atoms with Gasteiger partial charge in [0.2, 0.25) is 0 Å². The van der Waals surface area contributed by atoms with Gasteiger partial charge in [-0.1, -0.05) is 69.4 Å². The van der Waals surface area contributed by atoms with E-state index in [9.17, 15) is 0 Å². The Labute approximate surface area is 117 Å². The summed E-state index contributed by atoms with van der Waals surface area (Å²) in [6.45, 7) is 2.95. The van der Waals surface area contributed by atoms with Crippen LogP contribution < -0.4 is 0 Å². The van der Waals surface area contributed by atoms with E-state index in [1.165, 1.54) is 44.1 Å². The summed E-state index contributed by atoms with van der Waals surface area (Å²) in [4.78, 5) is 0. The summed E-state index contributed by atoms with van der Waals surface area (Å²) in [6.07, 6.45) is 9.10. The summed E-state index contributed by atoms with van der Waals surface area (Å²) in [7, 11) is 0. The Morgan fingerprint density at radius 3 is 2.53 bits per heavy atom. The van der Waals surface area contributed by atoms with Gasteiger partial charge in [-0.2, -0.15) is 0 Å². The molecule has 0 radical (unpaired) electrons. The fourth-order valence-corrected chi connectivity index (χ4v) is 2.54. The standard InChI is InChI=1S/C17H26O2/c1-2-3-4-5-6-10-13-17-18-14-16(19-17)15-11-8-7-9-12-15/h7-9,11-12,16-17H,2-6,10,13-14H2,1H3/t16-,17+/m0/s1. The topological polar surface area (TPSA) is 18.5 Å². The van der Waals surface area contributed by atoms with E-state index in [4.69, 9.17) is 9.47 Å². The molecule has 19 heavy (non-hydrogen) atoms. The van der Waals surface area contributed by atoms with Gasteiger partial charge in [0.1, 0.15) is 6.10 Å². The molecule has 0 aromatic heterocycles. The summed E-state index contributed by atoms with van der Waals surface area (Å²) in [5, 5.41) is 0. The van der Waals surface area contributed by atoms with Crippen LogP contribution in [0, 0.1) is 0 Å². The molecular formula is C17H26O2. The molecule has 0 spiro atoms. The molecule has 1 fully saturated rings. The Morgan fingerprint density at radius 1 is 1.00 bits per heavy atom. The Hall–Kier alpha value is -0.860. The summed E-state index contributed by atoms with van der Waals surface area (Å²) in [5.74, 6) is 0. The number of hydrogen-bond acceptors (Lipinski definition) is 2. The average Bonchev–Trinajstić information content (AvgIpc) is 2.92. The molecule has 0 unspecified atom stereocenters. The third kappa shape index (κ3) is 4.96. The van der Waals surface area contributed by atoms with Crippen molar-refractivity contribution in [3.8, 4) is 0 Å². The monoisotopic (exact) mass is 262 g/mol. The molecule has 1 saturated heterocycles. The van der Waals surface area contributed by atoms with Crippen LogP contribution in [0.25, 0.3) is 0 Å². The molecule has 0 N–H and O–H groups in total. The lowest BCUT2D eigenvalue weighted by Gasteiger charge is -2.11. The molecule has 2 atom stereocenters. The van der Waals surface area contributed by atoms with Crippen LogP contribution in [-0.2, 0) is 9.47 Å². The zero-order valence-electron chi connectivity index (χ0n) is 12.0. The molecule has 2 heteroatoms. The van der Waals surface area contributed by atoms with Crippen LogP contribution in [0.3, 0.4) is 0 Å². The predicted molar refractivity (Wildman–Crippen MR) is 78.0 cm³/mol. The lowest BCUT2D eigenvalue weighted by Crippen LogP contribution is -2.07. The number of ether oxygens (including phenoxy) is 2. The van der Waals surface area contributed by atoms with Gasteiger partial charge in [0.25, 0.3) is 0 Å². The highest BCUT2D eigenvalue weighted by Crippen LogP contribution is 2.28. The van der Waals surface area contributed by atoms with Crippen molar-refractivity contribution >= 4 is 0 Å². The molecular weight excluding hydrogens is 236 g/mol. The minimum Gasteiger partial charge on any atom is -0.350 e. The van der Waals surface area contributed by atoms with Crippen LogP contribution in [0.1, 0.15) is 63.5 Å². The van der Waals surface area contributed by atoms with Crippen LogP contribution in [0.4, 0.5) is 0 Å². The molecule has 106 valence electrons. The molecule has 0 aliphatic carbocycles. The SMILES string of the molecule is CCCCCCCC[C@@H]1OC[C@@H](c2ccccc2)O1.